The van der Waals surface area contributed by atoms with Gasteiger partial charge in [0.15, 0.2) is 4.90 Å². The molecule has 0 saturated carbocycles. The average Bonchev–Trinajstić information content (AvgIpc) is 3.07. The van der Waals surface area contributed by atoms with Gasteiger partial charge in [0.1, 0.15) is 5.69 Å². The van der Waals surface area contributed by atoms with E-state index in [2.05, 4.69) is 15.0 Å². The van der Waals surface area contributed by atoms with Gasteiger partial charge in [-0.1, -0.05) is 11.6 Å². The van der Waals surface area contributed by atoms with Crippen molar-refractivity contribution >= 4 is 38.0 Å². The van der Waals surface area contributed by atoms with Gasteiger partial charge in [-0.05, 0) is 44.2 Å². The second-order valence-electron chi connectivity index (χ2n) is 7.00. The van der Waals surface area contributed by atoms with Crippen LogP contribution < -0.4 is 10.6 Å². The second kappa shape index (κ2) is 8.42. The number of carbonyl (C=O) groups is 1. The number of aromatic nitrogens is 3. The molecule has 6 nitrogen and oxygen atoms in total. The molecule has 1 amide bonds. The van der Waals surface area contributed by atoms with E-state index in [-0.39, 0.29) is 5.91 Å². The van der Waals surface area contributed by atoms with Crippen LogP contribution in [0.15, 0.2) is 79.0 Å². The van der Waals surface area contributed by atoms with Crippen LogP contribution in [0.3, 0.4) is 0 Å². The van der Waals surface area contributed by atoms with E-state index >= 15 is 0 Å². The van der Waals surface area contributed by atoms with E-state index in [1.54, 1.807) is 35.9 Å². The molecule has 0 saturated heterocycles. The number of nitrogen functional groups attached to an aromatic ring is 1. The van der Waals surface area contributed by atoms with Crippen LogP contribution in [0, 0.1) is 0 Å². The number of anilines is 2. The van der Waals surface area contributed by atoms with Crippen molar-refractivity contribution < 1.29 is 4.79 Å². The Morgan fingerprint density at radius 1 is 1.07 bits per heavy atom. The minimum absolute atomic E-state index is 0.138. The summed E-state index contributed by atoms with van der Waals surface area (Å²) in [6, 6.07) is 11.2. The molecule has 0 aromatic carbocycles. The molecule has 1 atom stereocenters. The monoisotopic (exact) mass is 416 g/mol. The zero-order chi connectivity index (χ0) is 21.1. The molecule has 4 rings (SSSR count). The predicted molar refractivity (Wildman–Crippen MR) is 123 cm³/mol. The summed E-state index contributed by atoms with van der Waals surface area (Å²) in [5.74, 6) is -0.138. The van der Waals surface area contributed by atoms with Gasteiger partial charge in [0.25, 0.3) is 9.71 Å². The summed E-state index contributed by atoms with van der Waals surface area (Å²) in [6.07, 6.45) is 10.6. The number of carbonyl (C=O) groups excluding carboxylic acids is 1. The van der Waals surface area contributed by atoms with E-state index in [0.29, 0.717) is 17.1 Å². The summed E-state index contributed by atoms with van der Waals surface area (Å²) in [5.41, 5.74) is 8.92. The molecule has 0 bridgehead atoms. The topological polar surface area (TPSA) is 85.0 Å². The molecule has 0 spiro atoms. The highest BCUT2D eigenvalue weighted by Crippen LogP contribution is 2.47. The van der Waals surface area contributed by atoms with E-state index in [1.165, 1.54) is 0 Å². The lowest BCUT2D eigenvalue weighted by Crippen LogP contribution is -2.31. The molecule has 0 aliphatic rings. The fourth-order valence-electron chi connectivity index (χ4n) is 3.21. The van der Waals surface area contributed by atoms with Crippen LogP contribution in [0.2, 0.25) is 0 Å². The van der Waals surface area contributed by atoms with Gasteiger partial charge in [-0.2, -0.15) is 0 Å². The first-order valence-electron chi connectivity index (χ1n) is 9.52. The molecule has 30 heavy (non-hydrogen) atoms. The Bertz CT molecular complexity index is 1210. The van der Waals surface area contributed by atoms with Crippen LogP contribution >= 0.6 is 10.5 Å². The number of hydrogen-bond donors (Lipinski definition) is 1. The third kappa shape index (κ3) is 3.67. The van der Waals surface area contributed by atoms with Crippen molar-refractivity contribution in [1.82, 2.24) is 15.0 Å². The van der Waals surface area contributed by atoms with Crippen LogP contribution in [0.1, 0.15) is 23.5 Å². The lowest BCUT2D eigenvalue weighted by Gasteiger charge is -2.20. The molecule has 1 unspecified atom stereocenters. The number of nitrogens with zero attached hydrogens (tertiary/aromatic N) is 4. The summed E-state index contributed by atoms with van der Waals surface area (Å²) >= 11 is 0. The summed E-state index contributed by atoms with van der Waals surface area (Å²) < 4.78 is 0. The minimum atomic E-state index is -0.719. The maximum Gasteiger partial charge on any atom is 0.314 e. The van der Waals surface area contributed by atoms with Crippen molar-refractivity contribution in [3.63, 3.8) is 0 Å². The summed E-state index contributed by atoms with van der Waals surface area (Å²) in [6.45, 7) is 4.46. The first-order valence-corrected chi connectivity index (χ1v) is 10.7. The fourth-order valence-corrected chi connectivity index (χ4v) is 5.43. The summed E-state index contributed by atoms with van der Waals surface area (Å²) in [4.78, 5) is 30.8. The van der Waals surface area contributed by atoms with E-state index in [4.69, 9.17) is 5.73 Å². The Labute approximate surface area is 177 Å². The Morgan fingerprint density at radius 2 is 1.83 bits per heavy atom. The molecule has 0 fully saturated rings. The normalized spacial score (nSPS) is 11.3. The van der Waals surface area contributed by atoms with Gasteiger partial charge in [0, 0.05) is 43.1 Å². The largest absolute Gasteiger partial charge is 0.393 e. The fraction of sp³-hybridized carbons (Fsp3) is 0.130. The minimum Gasteiger partial charge on any atom is -0.393 e. The van der Waals surface area contributed by atoms with Crippen molar-refractivity contribution in [3.8, 4) is 4.90 Å². The molecular formula is C23H22N5OS+. The third-order valence-electron chi connectivity index (χ3n) is 4.67. The number of thiophene rings is 1. The van der Waals surface area contributed by atoms with Gasteiger partial charge >= 0.3 is 5.91 Å². The lowest BCUT2D eigenvalue weighted by molar-refractivity contribution is 0.0994. The Morgan fingerprint density at radius 3 is 2.53 bits per heavy atom. The summed E-state index contributed by atoms with van der Waals surface area (Å²) in [7, 11) is -0.719. The molecule has 4 heterocycles. The van der Waals surface area contributed by atoms with Crippen LogP contribution in [0.4, 0.5) is 11.4 Å². The van der Waals surface area contributed by atoms with Crippen LogP contribution in [-0.2, 0) is 0 Å². The number of rotatable bonds is 5. The number of nitrogens with two attached hydrogens (primary N) is 1. The van der Waals surface area contributed by atoms with Crippen molar-refractivity contribution in [1.29, 1.82) is 0 Å². The number of amides is 1. The molecular weight excluding hydrogens is 394 g/mol. The predicted octanol–water partition coefficient (Wildman–Crippen LogP) is 4.96. The molecule has 4 aromatic rings. The molecule has 0 aliphatic carbocycles. The Hall–Kier alpha value is -3.58. The average molecular weight is 417 g/mol. The maximum absolute atomic E-state index is 13.9. The zero-order valence-electron chi connectivity index (χ0n) is 16.8. The van der Waals surface area contributed by atoms with Gasteiger partial charge < -0.3 is 10.6 Å². The van der Waals surface area contributed by atoms with Crippen LogP contribution in [0.5, 0.6) is 0 Å². The third-order valence-corrected chi connectivity index (χ3v) is 6.90. The molecule has 150 valence electrons. The highest BCUT2D eigenvalue weighted by atomic mass is 32.2. The quantitative estimate of drug-likeness (QED) is 0.367. The van der Waals surface area contributed by atoms with Gasteiger partial charge in [-0.3, -0.25) is 14.8 Å². The van der Waals surface area contributed by atoms with Crippen molar-refractivity contribution in [2.45, 2.75) is 13.8 Å². The molecule has 0 radical (unpaired) electrons. The van der Waals surface area contributed by atoms with E-state index in [0.717, 1.165) is 26.4 Å². The van der Waals surface area contributed by atoms with E-state index < -0.39 is 10.5 Å². The molecule has 4 aromatic heterocycles. The van der Waals surface area contributed by atoms with Gasteiger partial charge in [0.05, 0.1) is 22.1 Å². The van der Waals surface area contributed by atoms with Gasteiger partial charge in [-0.25, -0.2) is 4.98 Å². The smallest absolute Gasteiger partial charge is 0.314 e. The zero-order valence-corrected chi connectivity index (χ0v) is 17.6. The van der Waals surface area contributed by atoms with Crippen LogP contribution in [-0.4, -0.2) is 27.4 Å². The highest BCUT2D eigenvalue weighted by molar-refractivity contribution is 7.46. The number of allylic oxidation sites excluding steroid dienone is 1. The van der Waals surface area contributed by atoms with E-state index in [9.17, 15) is 4.79 Å². The maximum atomic E-state index is 13.9. The summed E-state index contributed by atoms with van der Waals surface area (Å²) in [5, 5.41) is 0.810. The van der Waals surface area contributed by atoms with Gasteiger partial charge in [-0.15, -0.1) is 0 Å². The standard InChI is InChI=1S/C23H21N5OS/c1-16(2)9-14-28(17-7-12-25-13-8-17)23(29)21-20(24)19-6-4-11-27-22(19)30(21)18-5-3-10-26-15-18/h3-13,15H,14H2,1-2H3,(H-,24,29)/p+1. The number of hydrogen-bond acceptors (Lipinski definition) is 5. The number of pyridine rings is 3. The molecule has 2 N–H and O–H groups in total. The Balaban J connectivity index is 1.94. The van der Waals surface area contributed by atoms with Crippen molar-refractivity contribution in [3.05, 3.63) is 83.9 Å². The SMILES string of the molecule is CC(C)=CCN(C(=O)c1c(N)c2cccnc2[s+]1-c1cccnc1)c1ccncc1. The van der Waals surface area contributed by atoms with Crippen LogP contribution in [0.25, 0.3) is 15.1 Å². The van der Waals surface area contributed by atoms with E-state index in [1.807, 2.05) is 56.3 Å². The Kier molecular flexibility index (Phi) is 5.54. The van der Waals surface area contributed by atoms with Crippen molar-refractivity contribution in [2.75, 3.05) is 17.2 Å². The first kappa shape index (κ1) is 19.7. The molecule has 7 heteroatoms. The lowest BCUT2D eigenvalue weighted by atomic mass is 10.2. The van der Waals surface area contributed by atoms with Gasteiger partial charge in [0.2, 0.25) is 0 Å². The first-order chi connectivity index (χ1) is 14.6. The number of fused-ring (bicyclic) bond motifs is 1. The highest BCUT2D eigenvalue weighted by Gasteiger charge is 2.37. The second-order valence-corrected chi connectivity index (χ2v) is 8.88. The molecule has 0 aliphatic heterocycles. The van der Waals surface area contributed by atoms with Crippen molar-refractivity contribution in [2.24, 2.45) is 0 Å².